The molecule has 118 valence electrons. The molecule has 0 aromatic heterocycles. The van der Waals surface area contributed by atoms with Crippen LogP contribution >= 0.6 is 22.6 Å². The normalized spacial score (nSPS) is 10.6. The number of unbranched alkanes of at least 4 members (excludes halogenated alkanes) is 7. The van der Waals surface area contributed by atoms with Crippen molar-refractivity contribution < 1.29 is 14.6 Å². The van der Waals surface area contributed by atoms with Crippen LogP contribution in [0.5, 0.6) is 5.75 Å². The molecule has 0 fully saturated rings. The van der Waals surface area contributed by atoms with Gasteiger partial charge in [0.1, 0.15) is 5.75 Å². The fourth-order valence-electron chi connectivity index (χ4n) is 2.16. The van der Waals surface area contributed by atoms with Gasteiger partial charge in [-0.15, -0.1) is 0 Å². The fourth-order valence-corrected chi connectivity index (χ4v) is 2.83. The molecule has 0 saturated heterocycles. The molecule has 3 nitrogen and oxygen atoms in total. The Morgan fingerprint density at radius 2 is 1.71 bits per heavy atom. The average molecular weight is 403 g/mol. The van der Waals surface area contributed by atoms with Gasteiger partial charge >= 0.3 is 0 Å². The largest absolute Gasteiger partial charge is 0.545 e. The van der Waals surface area contributed by atoms with E-state index in [0.717, 1.165) is 15.7 Å². The van der Waals surface area contributed by atoms with Crippen LogP contribution in [-0.4, -0.2) is 12.6 Å². The van der Waals surface area contributed by atoms with Crippen molar-refractivity contribution in [1.29, 1.82) is 0 Å². The molecule has 0 heterocycles. The number of hydrogen-bond acceptors (Lipinski definition) is 3. The lowest BCUT2D eigenvalue weighted by Gasteiger charge is -2.10. The lowest BCUT2D eigenvalue weighted by molar-refractivity contribution is -0.255. The van der Waals surface area contributed by atoms with E-state index in [1.165, 1.54) is 51.0 Å². The number of carbonyl (C=O) groups excluding carboxylic acids is 1. The van der Waals surface area contributed by atoms with Crippen LogP contribution in [0.25, 0.3) is 0 Å². The summed E-state index contributed by atoms with van der Waals surface area (Å²) in [5.74, 6) is -0.397. The van der Waals surface area contributed by atoms with Crippen LogP contribution in [0, 0.1) is 3.57 Å². The van der Waals surface area contributed by atoms with Crippen molar-refractivity contribution >= 4 is 28.6 Å². The van der Waals surface area contributed by atoms with Gasteiger partial charge in [-0.05, 0) is 52.8 Å². The summed E-state index contributed by atoms with van der Waals surface area (Å²) in [7, 11) is 0. The third-order valence-corrected chi connectivity index (χ3v) is 4.27. The van der Waals surface area contributed by atoms with E-state index in [-0.39, 0.29) is 5.56 Å². The molecule has 0 spiro atoms. The first-order chi connectivity index (χ1) is 10.1. The number of carboxylic acid groups (broad SMARTS) is 1. The van der Waals surface area contributed by atoms with Crippen molar-refractivity contribution in [2.24, 2.45) is 0 Å². The summed E-state index contributed by atoms with van der Waals surface area (Å²) in [5.41, 5.74) is 0.193. The predicted molar refractivity (Wildman–Crippen MR) is 91.6 cm³/mol. The smallest absolute Gasteiger partial charge is 0.132 e. The quantitative estimate of drug-likeness (QED) is 0.412. The third kappa shape index (κ3) is 7.69. The van der Waals surface area contributed by atoms with Crippen molar-refractivity contribution in [3.63, 3.8) is 0 Å². The topological polar surface area (TPSA) is 49.4 Å². The van der Waals surface area contributed by atoms with E-state index in [9.17, 15) is 9.90 Å². The minimum atomic E-state index is -1.15. The number of carboxylic acids is 1. The Kier molecular flexibility index (Phi) is 9.46. The van der Waals surface area contributed by atoms with E-state index in [2.05, 4.69) is 29.5 Å². The number of carbonyl (C=O) groups is 1. The number of halogens is 1. The molecule has 0 unspecified atom stereocenters. The number of benzene rings is 1. The molecule has 1 aromatic carbocycles. The van der Waals surface area contributed by atoms with Crippen molar-refractivity contribution in [1.82, 2.24) is 0 Å². The second-order valence-corrected chi connectivity index (χ2v) is 6.42. The molecule has 1 rings (SSSR count). The van der Waals surface area contributed by atoms with Crippen molar-refractivity contribution in [2.45, 2.75) is 58.3 Å². The van der Waals surface area contributed by atoms with Gasteiger partial charge in [-0.1, -0.05) is 51.9 Å². The summed E-state index contributed by atoms with van der Waals surface area (Å²) in [4.78, 5) is 10.7. The second kappa shape index (κ2) is 10.9. The number of hydrogen-bond donors (Lipinski definition) is 0. The van der Waals surface area contributed by atoms with Gasteiger partial charge in [-0.3, -0.25) is 0 Å². The van der Waals surface area contributed by atoms with Gasteiger partial charge in [-0.25, -0.2) is 0 Å². The molecule has 4 heteroatoms. The van der Waals surface area contributed by atoms with E-state index < -0.39 is 5.97 Å². The Hall–Kier alpha value is -0.780. The average Bonchev–Trinajstić information content (AvgIpc) is 2.46. The number of ether oxygens (including phenoxy) is 1. The molecule has 0 radical (unpaired) electrons. The molecule has 0 aliphatic carbocycles. The minimum Gasteiger partial charge on any atom is -0.545 e. The molecule has 0 aliphatic rings. The molecular formula is C17H24IO3-. The molecule has 21 heavy (non-hydrogen) atoms. The molecule has 0 saturated carbocycles. The van der Waals surface area contributed by atoms with Crippen LogP contribution in [0.15, 0.2) is 18.2 Å². The van der Waals surface area contributed by atoms with Crippen LogP contribution < -0.4 is 9.84 Å². The van der Waals surface area contributed by atoms with E-state index >= 15 is 0 Å². The van der Waals surface area contributed by atoms with Gasteiger partial charge in [-0.2, -0.15) is 0 Å². The van der Waals surface area contributed by atoms with E-state index in [1.54, 1.807) is 12.1 Å². The number of aromatic carboxylic acids is 1. The van der Waals surface area contributed by atoms with Crippen molar-refractivity contribution in [2.75, 3.05) is 6.61 Å². The first-order valence-electron chi connectivity index (χ1n) is 7.79. The Morgan fingerprint density at radius 3 is 2.29 bits per heavy atom. The summed E-state index contributed by atoms with van der Waals surface area (Å²) in [5, 5.41) is 10.7. The van der Waals surface area contributed by atoms with Crippen LogP contribution in [0.1, 0.15) is 68.6 Å². The molecule has 0 atom stereocenters. The first kappa shape index (κ1) is 18.3. The van der Waals surface area contributed by atoms with Gasteiger partial charge in [0, 0.05) is 0 Å². The minimum absolute atomic E-state index is 0.193. The number of rotatable bonds is 11. The highest BCUT2D eigenvalue weighted by Gasteiger charge is 2.03. The molecule has 0 amide bonds. The highest BCUT2D eigenvalue weighted by molar-refractivity contribution is 14.1. The molecule has 0 N–H and O–H groups in total. The van der Waals surface area contributed by atoms with Gasteiger partial charge in [0.15, 0.2) is 0 Å². The van der Waals surface area contributed by atoms with Gasteiger partial charge in [0.05, 0.1) is 16.1 Å². The van der Waals surface area contributed by atoms with E-state index in [0.29, 0.717) is 6.61 Å². The van der Waals surface area contributed by atoms with Gasteiger partial charge in [0.2, 0.25) is 0 Å². The highest BCUT2D eigenvalue weighted by atomic mass is 127. The fraction of sp³-hybridized carbons (Fsp3) is 0.588. The SMILES string of the molecule is CCCCCCCCCCOc1ccc(C(=O)[O-])cc1I. The summed E-state index contributed by atoms with van der Waals surface area (Å²) >= 11 is 2.09. The second-order valence-electron chi connectivity index (χ2n) is 5.26. The van der Waals surface area contributed by atoms with Crippen LogP contribution in [0.3, 0.4) is 0 Å². The Bertz CT molecular complexity index is 432. The zero-order chi connectivity index (χ0) is 15.5. The van der Waals surface area contributed by atoms with Crippen molar-refractivity contribution in [3.8, 4) is 5.75 Å². The van der Waals surface area contributed by atoms with Crippen molar-refractivity contribution in [3.05, 3.63) is 27.3 Å². The standard InChI is InChI=1S/C17H25IO3/c1-2-3-4-5-6-7-8-9-12-21-16-11-10-14(17(19)20)13-15(16)18/h10-11,13H,2-9,12H2,1H3,(H,19,20)/p-1. The molecule has 1 aromatic rings. The van der Waals surface area contributed by atoms with Crippen LogP contribution in [0.2, 0.25) is 0 Å². The summed E-state index contributed by atoms with van der Waals surface area (Å²) in [6, 6.07) is 4.82. The molecule has 0 bridgehead atoms. The predicted octanol–water partition coefficient (Wildman–Crippen LogP) is 4.17. The maximum Gasteiger partial charge on any atom is 0.132 e. The van der Waals surface area contributed by atoms with Gasteiger partial charge in [0.25, 0.3) is 0 Å². The Morgan fingerprint density at radius 1 is 1.10 bits per heavy atom. The highest BCUT2D eigenvalue weighted by Crippen LogP contribution is 2.22. The lowest BCUT2D eigenvalue weighted by atomic mass is 10.1. The summed E-state index contributed by atoms with van der Waals surface area (Å²) in [6.45, 7) is 2.92. The zero-order valence-corrected chi connectivity index (χ0v) is 14.9. The molecule has 0 aliphatic heterocycles. The van der Waals surface area contributed by atoms with Crippen LogP contribution in [0.4, 0.5) is 0 Å². The van der Waals surface area contributed by atoms with Gasteiger partial charge < -0.3 is 14.6 Å². The van der Waals surface area contributed by atoms with Crippen LogP contribution in [-0.2, 0) is 0 Å². The Balaban J connectivity index is 2.14. The van der Waals surface area contributed by atoms with E-state index in [4.69, 9.17) is 4.74 Å². The maximum atomic E-state index is 10.7. The third-order valence-electron chi connectivity index (χ3n) is 3.42. The zero-order valence-electron chi connectivity index (χ0n) is 12.7. The first-order valence-corrected chi connectivity index (χ1v) is 8.86. The summed E-state index contributed by atoms with van der Waals surface area (Å²) < 4.78 is 6.51. The Labute approximate surface area is 141 Å². The monoisotopic (exact) mass is 403 g/mol. The lowest BCUT2D eigenvalue weighted by Crippen LogP contribution is -2.22. The van der Waals surface area contributed by atoms with E-state index in [1.807, 2.05) is 0 Å². The summed E-state index contributed by atoms with van der Waals surface area (Å²) in [6.07, 6.45) is 10.2. The molecular weight excluding hydrogens is 379 g/mol. The maximum absolute atomic E-state index is 10.7.